The molecule has 0 aliphatic rings. The Morgan fingerprint density at radius 2 is 1.94 bits per heavy atom. The van der Waals surface area contributed by atoms with Crippen LogP contribution in [0, 0.1) is 0 Å². The fourth-order valence-electron chi connectivity index (χ4n) is 1.89. The Morgan fingerprint density at radius 1 is 1.22 bits per heavy atom. The predicted octanol–water partition coefficient (Wildman–Crippen LogP) is 3.31. The molecule has 0 saturated carbocycles. The van der Waals surface area contributed by atoms with E-state index in [-0.39, 0.29) is 6.04 Å². The number of rotatable bonds is 5. The van der Waals surface area contributed by atoms with Crippen LogP contribution in [0.3, 0.4) is 0 Å². The molecule has 2 aromatic rings. The van der Waals surface area contributed by atoms with Crippen LogP contribution in [0.25, 0.3) is 0 Å². The largest absolute Gasteiger partial charge is 0.384 e. The van der Waals surface area contributed by atoms with Gasteiger partial charge in [0.15, 0.2) is 0 Å². The van der Waals surface area contributed by atoms with Gasteiger partial charge in [-0.25, -0.2) is 0 Å². The van der Waals surface area contributed by atoms with E-state index in [0.29, 0.717) is 6.54 Å². The second kappa shape index (κ2) is 5.65. The maximum atomic E-state index is 10.5. The van der Waals surface area contributed by atoms with Crippen molar-refractivity contribution in [3.8, 4) is 0 Å². The van der Waals surface area contributed by atoms with Crippen molar-refractivity contribution in [2.75, 3.05) is 6.54 Å². The van der Waals surface area contributed by atoms with Gasteiger partial charge in [0.05, 0.1) is 5.60 Å². The van der Waals surface area contributed by atoms with Gasteiger partial charge in [-0.15, -0.1) is 11.3 Å². The molecule has 0 saturated heterocycles. The maximum absolute atomic E-state index is 10.5. The summed E-state index contributed by atoms with van der Waals surface area (Å²) in [5.74, 6) is 0. The van der Waals surface area contributed by atoms with E-state index in [2.05, 4.69) is 23.7 Å². The van der Waals surface area contributed by atoms with E-state index in [0.717, 1.165) is 5.56 Å². The summed E-state index contributed by atoms with van der Waals surface area (Å²) < 4.78 is 0. The Bertz CT molecular complexity index is 465. The Kier molecular flexibility index (Phi) is 4.17. The van der Waals surface area contributed by atoms with E-state index in [1.807, 2.05) is 43.3 Å². The lowest BCUT2D eigenvalue weighted by Crippen LogP contribution is -2.36. The van der Waals surface area contributed by atoms with Gasteiger partial charge >= 0.3 is 0 Å². The number of thiophene rings is 1. The highest BCUT2D eigenvalue weighted by molar-refractivity contribution is 7.10. The smallest absolute Gasteiger partial charge is 0.0992 e. The molecule has 0 amide bonds. The highest BCUT2D eigenvalue weighted by Gasteiger charge is 2.23. The summed E-state index contributed by atoms with van der Waals surface area (Å²) in [7, 11) is 0. The van der Waals surface area contributed by atoms with Crippen LogP contribution in [0.1, 0.15) is 30.3 Å². The van der Waals surface area contributed by atoms with Crippen LogP contribution in [0.2, 0.25) is 0 Å². The van der Waals surface area contributed by atoms with Crippen molar-refractivity contribution in [1.82, 2.24) is 5.32 Å². The lowest BCUT2D eigenvalue weighted by atomic mass is 9.96. The second-order valence-corrected chi connectivity index (χ2v) is 5.74. The van der Waals surface area contributed by atoms with Gasteiger partial charge in [0.2, 0.25) is 0 Å². The van der Waals surface area contributed by atoms with Gasteiger partial charge in [-0.1, -0.05) is 36.4 Å². The minimum atomic E-state index is -0.840. The van der Waals surface area contributed by atoms with E-state index in [1.54, 1.807) is 11.3 Å². The Hall–Kier alpha value is -1.16. The molecule has 96 valence electrons. The zero-order valence-electron chi connectivity index (χ0n) is 10.8. The lowest BCUT2D eigenvalue weighted by Gasteiger charge is -2.26. The average Bonchev–Trinajstić information content (AvgIpc) is 2.91. The van der Waals surface area contributed by atoms with Crippen LogP contribution in [-0.2, 0) is 5.60 Å². The van der Waals surface area contributed by atoms with E-state index < -0.39 is 5.60 Å². The minimum absolute atomic E-state index is 0.264. The lowest BCUT2D eigenvalue weighted by molar-refractivity contribution is 0.0545. The van der Waals surface area contributed by atoms with Gasteiger partial charge in [0, 0.05) is 17.5 Å². The van der Waals surface area contributed by atoms with Crippen LogP contribution in [0.5, 0.6) is 0 Å². The minimum Gasteiger partial charge on any atom is -0.384 e. The Balaban J connectivity index is 1.97. The molecule has 0 radical (unpaired) electrons. The summed E-state index contributed by atoms with van der Waals surface area (Å²) in [5.41, 5.74) is 0.100. The molecule has 1 aromatic carbocycles. The third kappa shape index (κ3) is 3.19. The molecule has 1 heterocycles. The van der Waals surface area contributed by atoms with Crippen molar-refractivity contribution >= 4 is 11.3 Å². The van der Waals surface area contributed by atoms with Crippen LogP contribution >= 0.6 is 11.3 Å². The summed E-state index contributed by atoms with van der Waals surface area (Å²) in [6.07, 6.45) is 0. The van der Waals surface area contributed by atoms with Crippen molar-refractivity contribution in [2.24, 2.45) is 0 Å². The molecule has 2 N–H and O–H groups in total. The Morgan fingerprint density at radius 3 is 2.56 bits per heavy atom. The zero-order valence-corrected chi connectivity index (χ0v) is 11.6. The Labute approximate surface area is 112 Å². The van der Waals surface area contributed by atoms with Crippen molar-refractivity contribution in [1.29, 1.82) is 0 Å². The van der Waals surface area contributed by atoms with Gasteiger partial charge in [-0.3, -0.25) is 0 Å². The molecule has 0 bridgehead atoms. The average molecular weight is 261 g/mol. The molecule has 18 heavy (non-hydrogen) atoms. The van der Waals surface area contributed by atoms with Gasteiger partial charge < -0.3 is 10.4 Å². The second-order valence-electron chi connectivity index (χ2n) is 4.76. The fraction of sp³-hybridized carbons (Fsp3) is 0.333. The van der Waals surface area contributed by atoms with Crippen LogP contribution < -0.4 is 5.32 Å². The van der Waals surface area contributed by atoms with Crippen molar-refractivity contribution in [3.63, 3.8) is 0 Å². The molecule has 1 aromatic heterocycles. The molecular weight excluding hydrogens is 242 g/mol. The summed E-state index contributed by atoms with van der Waals surface area (Å²) in [5, 5.41) is 15.9. The summed E-state index contributed by atoms with van der Waals surface area (Å²) in [6, 6.07) is 14.2. The van der Waals surface area contributed by atoms with Crippen molar-refractivity contribution < 1.29 is 5.11 Å². The first kappa shape index (κ1) is 13.3. The molecule has 2 atom stereocenters. The van der Waals surface area contributed by atoms with Crippen molar-refractivity contribution in [3.05, 3.63) is 58.3 Å². The molecule has 1 unspecified atom stereocenters. The third-order valence-electron chi connectivity index (χ3n) is 3.12. The maximum Gasteiger partial charge on any atom is 0.0992 e. The molecule has 0 aliphatic carbocycles. The van der Waals surface area contributed by atoms with E-state index >= 15 is 0 Å². The predicted molar refractivity (Wildman–Crippen MR) is 76.7 cm³/mol. The van der Waals surface area contributed by atoms with Gasteiger partial charge in [0.1, 0.15) is 0 Å². The normalized spacial score (nSPS) is 16.2. The van der Waals surface area contributed by atoms with Crippen molar-refractivity contribution in [2.45, 2.75) is 25.5 Å². The summed E-state index contributed by atoms with van der Waals surface area (Å²) in [6.45, 7) is 4.50. The molecular formula is C15H19NOS. The van der Waals surface area contributed by atoms with Gasteiger partial charge in [-0.2, -0.15) is 0 Å². The number of hydrogen-bond donors (Lipinski definition) is 2. The molecule has 3 heteroatoms. The molecule has 0 fully saturated rings. The number of nitrogens with one attached hydrogen (secondary N) is 1. The van der Waals surface area contributed by atoms with Crippen LogP contribution in [0.15, 0.2) is 47.8 Å². The topological polar surface area (TPSA) is 32.3 Å². The fourth-order valence-corrected chi connectivity index (χ4v) is 2.65. The molecule has 2 nitrogen and oxygen atoms in total. The van der Waals surface area contributed by atoms with Gasteiger partial charge in [-0.05, 0) is 30.9 Å². The zero-order chi connectivity index (χ0) is 13.0. The van der Waals surface area contributed by atoms with E-state index in [1.165, 1.54) is 4.88 Å². The van der Waals surface area contributed by atoms with Crippen LogP contribution in [-0.4, -0.2) is 11.7 Å². The van der Waals surface area contributed by atoms with Gasteiger partial charge in [0.25, 0.3) is 0 Å². The highest BCUT2D eigenvalue weighted by atomic mass is 32.1. The number of aliphatic hydroxyl groups is 1. The standard InChI is InChI=1S/C15H19NOS/c1-12(14-9-6-10-18-14)16-11-15(2,17)13-7-4-3-5-8-13/h3-10,12,16-17H,11H2,1-2H3/t12-,15?/m0/s1. The third-order valence-corrected chi connectivity index (χ3v) is 4.17. The van der Waals surface area contributed by atoms with E-state index in [4.69, 9.17) is 0 Å². The van der Waals surface area contributed by atoms with E-state index in [9.17, 15) is 5.11 Å². The first-order valence-electron chi connectivity index (χ1n) is 6.14. The molecule has 0 spiro atoms. The molecule has 0 aliphatic heterocycles. The SMILES string of the molecule is C[C@H](NCC(C)(O)c1ccccc1)c1cccs1. The molecule has 2 rings (SSSR count). The summed E-state index contributed by atoms with van der Waals surface area (Å²) >= 11 is 1.73. The summed E-state index contributed by atoms with van der Waals surface area (Å²) in [4.78, 5) is 1.29. The quantitative estimate of drug-likeness (QED) is 0.865. The number of benzene rings is 1. The monoisotopic (exact) mass is 261 g/mol. The number of hydrogen-bond acceptors (Lipinski definition) is 3. The highest BCUT2D eigenvalue weighted by Crippen LogP contribution is 2.22. The van der Waals surface area contributed by atoms with Crippen LogP contribution in [0.4, 0.5) is 0 Å². The first-order valence-corrected chi connectivity index (χ1v) is 7.02. The first-order chi connectivity index (χ1) is 8.59.